The molecule has 14 heavy (non-hydrogen) atoms. The second-order valence-corrected chi connectivity index (χ2v) is 4.51. The second kappa shape index (κ2) is 9.47. The number of hydrogen-bond donors (Lipinski definition) is 0. The van der Waals surface area contributed by atoms with Gasteiger partial charge in [0, 0.05) is 0 Å². The third-order valence-corrected chi connectivity index (χ3v) is 2.39. The Hall–Kier alpha value is -0.0800. The molecule has 0 rings (SSSR count). The maximum atomic E-state index is 5.09. The Morgan fingerprint density at radius 1 is 1.00 bits per heavy atom. The van der Waals surface area contributed by atoms with E-state index in [-0.39, 0.29) is 0 Å². The molecule has 1 unspecified atom stereocenters. The monoisotopic (exact) mass is 202 g/mol. The van der Waals surface area contributed by atoms with Gasteiger partial charge in [-0.25, -0.2) is 9.78 Å². The lowest BCUT2D eigenvalue weighted by molar-refractivity contribution is -0.301. The zero-order valence-corrected chi connectivity index (χ0v) is 10.2. The van der Waals surface area contributed by atoms with Crippen LogP contribution in [0, 0.1) is 11.8 Å². The summed E-state index contributed by atoms with van der Waals surface area (Å²) < 4.78 is 0. The van der Waals surface area contributed by atoms with E-state index in [0.717, 1.165) is 32.0 Å². The van der Waals surface area contributed by atoms with Gasteiger partial charge in [-0.2, -0.15) is 0 Å². The second-order valence-electron chi connectivity index (χ2n) is 4.51. The summed E-state index contributed by atoms with van der Waals surface area (Å²) in [5, 5.41) is 0. The minimum atomic E-state index is 0.602. The van der Waals surface area contributed by atoms with E-state index in [4.69, 9.17) is 9.78 Å². The van der Waals surface area contributed by atoms with Crippen LogP contribution in [-0.2, 0) is 9.78 Å². The van der Waals surface area contributed by atoms with Crippen molar-refractivity contribution in [2.24, 2.45) is 11.8 Å². The molecular formula is C12H26O2. The zero-order chi connectivity index (χ0) is 10.8. The highest BCUT2D eigenvalue weighted by atomic mass is 17.2. The minimum Gasteiger partial charge on any atom is -0.237 e. The van der Waals surface area contributed by atoms with Crippen molar-refractivity contribution in [3.05, 3.63) is 0 Å². The third-order valence-electron chi connectivity index (χ3n) is 2.39. The predicted molar refractivity (Wildman–Crippen MR) is 60.0 cm³/mol. The molecule has 0 saturated carbocycles. The maximum Gasteiger partial charge on any atom is 0.0847 e. The fraction of sp³-hybridized carbons (Fsp3) is 1.00. The van der Waals surface area contributed by atoms with Crippen LogP contribution in [0.25, 0.3) is 0 Å². The molecule has 0 aliphatic rings. The molecule has 0 aliphatic carbocycles. The van der Waals surface area contributed by atoms with E-state index in [9.17, 15) is 0 Å². The van der Waals surface area contributed by atoms with E-state index in [0.29, 0.717) is 5.92 Å². The minimum absolute atomic E-state index is 0.602. The lowest BCUT2D eigenvalue weighted by Gasteiger charge is -2.08. The van der Waals surface area contributed by atoms with Gasteiger partial charge in [-0.15, -0.1) is 0 Å². The molecule has 0 N–H and O–H groups in total. The van der Waals surface area contributed by atoms with E-state index in [1.54, 1.807) is 0 Å². The van der Waals surface area contributed by atoms with Crippen molar-refractivity contribution < 1.29 is 9.78 Å². The van der Waals surface area contributed by atoms with Crippen LogP contribution in [0.1, 0.15) is 53.4 Å². The molecule has 86 valence electrons. The Morgan fingerprint density at radius 2 is 1.71 bits per heavy atom. The van der Waals surface area contributed by atoms with Crippen molar-refractivity contribution in [3.8, 4) is 0 Å². The van der Waals surface area contributed by atoms with E-state index in [2.05, 4.69) is 27.7 Å². The summed E-state index contributed by atoms with van der Waals surface area (Å²) in [6.07, 6.45) is 4.79. The van der Waals surface area contributed by atoms with Crippen LogP contribution in [0.15, 0.2) is 0 Å². The van der Waals surface area contributed by atoms with Gasteiger partial charge < -0.3 is 0 Å². The molecule has 2 nitrogen and oxygen atoms in total. The van der Waals surface area contributed by atoms with Crippen LogP contribution >= 0.6 is 0 Å². The number of hydrogen-bond acceptors (Lipinski definition) is 2. The van der Waals surface area contributed by atoms with E-state index < -0.39 is 0 Å². The molecule has 0 bridgehead atoms. The summed E-state index contributed by atoms with van der Waals surface area (Å²) in [4.78, 5) is 10.2. The van der Waals surface area contributed by atoms with Crippen LogP contribution in [-0.4, -0.2) is 13.2 Å². The standard InChI is InChI=1S/C12H26O2/c1-5-12(4)10-14-13-9-7-6-8-11(2)3/h11-12H,5-10H2,1-4H3. The maximum absolute atomic E-state index is 5.09. The van der Waals surface area contributed by atoms with Gasteiger partial charge in [-0.05, 0) is 18.3 Å². The Balaban J connectivity index is 2.99. The van der Waals surface area contributed by atoms with Crippen molar-refractivity contribution in [1.82, 2.24) is 0 Å². The molecule has 0 aromatic heterocycles. The number of rotatable bonds is 9. The zero-order valence-electron chi connectivity index (χ0n) is 10.2. The Morgan fingerprint density at radius 3 is 2.29 bits per heavy atom. The molecule has 0 aromatic rings. The first-order chi connectivity index (χ1) is 6.66. The van der Waals surface area contributed by atoms with Gasteiger partial charge in [0.25, 0.3) is 0 Å². The highest BCUT2D eigenvalue weighted by Crippen LogP contribution is 2.06. The van der Waals surface area contributed by atoms with Crippen molar-refractivity contribution >= 4 is 0 Å². The lowest BCUT2D eigenvalue weighted by atomic mass is 10.1. The smallest absolute Gasteiger partial charge is 0.0847 e. The molecule has 0 aromatic carbocycles. The fourth-order valence-electron chi connectivity index (χ4n) is 1.05. The van der Waals surface area contributed by atoms with Crippen LogP contribution < -0.4 is 0 Å². The first-order valence-electron chi connectivity index (χ1n) is 5.91. The molecule has 0 heterocycles. The first kappa shape index (κ1) is 13.9. The molecular weight excluding hydrogens is 176 g/mol. The van der Waals surface area contributed by atoms with Crippen LogP contribution in [0.4, 0.5) is 0 Å². The molecule has 2 heteroatoms. The fourth-order valence-corrected chi connectivity index (χ4v) is 1.05. The van der Waals surface area contributed by atoms with E-state index >= 15 is 0 Å². The summed E-state index contributed by atoms with van der Waals surface area (Å²) in [6, 6.07) is 0. The van der Waals surface area contributed by atoms with Gasteiger partial charge in [0.1, 0.15) is 0 Å². The molecule has 0 radical (unpaired) electrons. The number of unbranched alkanes of at least 4 members (excludes halogenated alkanes) is 1. The van der Waals surface area contributed by atoms with Crippen molar-refractivity contribution in [2.75, 3.05) is 13.2 Å². The quantitative estimate of drug-likeness (QED) is 0.321. The summed E-state index contributed by atoms with van der Waals surface area (Å²) in [5.41, 5.74) is 0. The topological polar surface area (TPSA) is 18.5 Å². The van der Waals surface area contributed by atoms with Crippen LogP contribution in [0.2, 0.25) is 0 Å². The molecule has 0 spiro atoms. The lowest BCUT2D eigenvalue weighted by Crippen LogP contribution is -2.06. The SMILES string of the molecule is CCC(C)COOCCCCC(C)C. The summed E-state index contributed by atoms with van der Waals surface area (Å²) in [7, 11) is 0. The van der Waals surface area contributed by atoms with Gasteiger partial charge in [0.2, 0.25) is 0 Å². The summed E-state index contributed by atoms with van der Waals surface area (Å²) in [5.74, 6) is 1.40. The molecule has 0 amide bonds. The Bertz CT molecular complexity index is 113. The van der Waals surface area contributed by atoms with Crippen molar-refractivity contribution in [2.45, 2.75) is 53.4 Å². The van der Waals surface area contributed by atoms with Crippen molar-refractivity contribution in [3.63, 3.8) is 0 Å². The third kappa shape index (κ3) is 10.0. The van der Waals surface area contributed by atoms with Gasteiger partial charge in [0.15, 0.2) is 0 Å². The average Bonchev–Trinajstić information content (AvgIpc) is 2.15. The van der Waals surface area contributed by atoms with Crippen molar-refractivity contribution in [1.29, 1.82) is 0 Å². The summed E-state index contributed by atoms with van der Waals surface area (Å²) >= 11 is 0. The molecule has 0 fully saturated rings. The Kier molecular flexibility index (Phi) is 9.42. The van der Waals surface area contributed by atoms with Gasteiger partial charge in [-0.3, -0.25) is 0 Å². The molecule has 0 aliphatic heterocycles. The largest absolute Gasteiger partial charge is 0.237 e. The Labute approximate surface area is 88.9 Å². The van der Waals surface area contributed by atoms with Gasteiger partial charge in [0.05, 0.1) is 13.2 Å². The summed E-state index contributed by atoms with van der Waals surface area (Å²) in [6.45, 7) is 10.3. The van der Waals surface area contributed by atoms with E-state index in [1.807, 2.05) is 0 Å². The first-order valence-corrected chi connectivity index (χ1v) is 5.91. The normalized spacial score (nSPS) is 13.5. The molecule has 1 atom stereocenters. The van der Waals surface area contributed by atoms with Gasteiger partial charge in [-0.1, -0.05) is 47.0 Å². The van der Waals surface area contributed by atoms with E-state index in [1.165, 1.54) is 12.8 Å². The molecule has 0 saturated heterocycles. The average molecular weight is 202 g/mol. The van der Waals surface area contributed by atoms with Crippen LogP contribution in [0.3, 0.4) is 0 Å². The van der Waals surface area contributed by atoms with Gasteiger partial charge >= 0.3 is 0 Å². The highest BCUT2D eigenvalue weighted by molar-refractivity contribution is 4.45. The van der Waals surface area contributed by atoms with Crippen LogP contribution in [0.5, 0.6) is 0 Å². The highest BCUT2D eigenvalue weighted by Gasteiger charge is 1.99. The predicted octanol–water partition coefficient (Wildman–Crippen LogP) is 3.81.